The second-order valence-electron chi connectivity index (χ2n) is 10.9. The molecule has 0 spiro atoms. The van der Waals surface area contributed by atoms with Crippen molar-refractivity contribution in [1.29, 1.82) is 0 Å². The van der Waals surface area contributed by atoms with Crippen molar-refractivity contribution < 1.29 is 24.2 Å². The molecule has 0 saturated heterocycles. The Kier molecular flexibility index (Phi) is 6.91. The highest BCUT2D eigenvalue weighted by atomic mass is 16.5. The first-order valence-electron chi connectivity index (χ1n) is 12.6. The molecule has 0 radical (unpaired) electrons. The molecule has 0 aliphatic carbocycles. The van der Waals surface area contributed by atoms with Gasteiger partial charge in [-0.3, -0.25) is 9.59 Å². The zero-order valence-electron chi connectivity index (χ0n) is 23.4. The molecule has 0 saturated carbocycles. The minimum Gasteiger partial charge on any atom is -0.505 e. The zero-order valence-corrected chi connectivity index (χ0v) is 23.4. The normalized spacial score (nSPS) is 17.9. The van der Waals surface area contributed by atoms with E-state index in [1.807, 2.05) is 58.0 Å². The number of aromatic hydroxyl groups is 1. The van der Waals surface area contributed by atoms with E-state index in [0.29, 0.717) is 23.2 Å². The minimum absolute atomic E-state index is 0.128. The molecule has 0 fully saturated rings. The Bertz CT molecular complexity index is 1390. The number of anilines is 2. The Morgan fingerprint density at radius 2 is 1.55 bits per heavy atom. The highest BCUT2D eigenvalue weighted by Crippen LogP contribution is 2.57. The van der Waals surface area contributed by atoms with Crippen LogP contribution in [0.25, 0.3) is 0 Å². The third-order valence-electron chi connectivity index (χ3n) is 7.41. The maximum atomic E-state index is 13.3. The van der Waals surface area contributed by atoms with E-state index >= 15 is 0 Å². The molecule has 200 valence electrons. The van der Waals surface area contributed by atoms with E-state index in [4.69, 9.17) is 9.47 Å². The van der Waals surface area contributed by atoms with E-state index in [1.54, 1.807) is 30.2 Å². The summed E-state index contributed by atoms with van der Waals surface area (Å²) in [5.41, 5.74) is 3.33. The van der Waals surface area contributed by atoms with Gasteiger partial charge in [-0.25, -0.2) is 0 Å². The predicted molar refractivity (Wildman–Crippen MR) is 150 cm³/mol. The number of aryl methyl sites for hydroxylation is 2. The summed E-state index contributed by atoms with van der Waals surface area (Å²) in [5, 5.41) is 14.7. The molecule has 7 heteroatoms. The van der Waals surface area contributed by atoms with Gasteiger partial charge in [0, 0.05) is 35.1 Å². The monoisotopic (exact) mass is 516 g/mol. The molecular formula is C31H36N2O5. The van der Waals surface area contributed by atoms with Crippen LogP contribution in [-0.2, 0) is 10.2 Å². The van der Waals surface area contributed by atoms with Crippen molar-refractivity contribution in [2.75, 3.05) is 24.4 Å². The van der Waals surface area contributed by atoms with Crippen LogP contribution in [0.1, 0.15) is 66.7 Å². The van der Waals surface area contributed by atoms with Crippen LogP contribution in [0.5, 0.6) is 17.2 Å². The van der Waals surface area contributed by atoms with Crippen LogP contribution in [0.4, 0.5) is 11.4 Å². The van der Waals surface area contributed by atoms with Crippen LogP contribution in [0.2, 0.25) is 0 Å². The van der Waals surface area contributed by atoms with Gasteiger partial charge in [0.05, 0.1) is 19.9 Å². The van der Waals surface area contributed by atoms with Gasteiger partial charge in [-0.2, -0.15) is 0 Å². The summed E-state index contributed by atoms with van der Waals surface area (Å²) in [4.78, 5) is 28.0. The first kappa shape index (κ1) is 27.0. The number of methoxy groups -OCH3 is 2. The number of ether oxygens (including phenoxy) is 2. The maximum Gasteiger partial charge on any atom is 0.255 e. The number of amides is 2. The molecule has 0 aromatic heterocycles. The first-order valence-corrected chi connectivity index (χ1v) is 12.6. The molecule has 7 nitrogen and oxygen atoms in total. The fraction of sp³-hybridized carbons (Fsp3) is 0.355. The number of carbonyl (C=O) groups excluding carboxylic acids is 2. The van der Waals surface area contributed by atoms with Crippen LogP contribution in [0.3, 0.4) is 0 Å². The molecule has 38 heavy (non-hydrogen) atoms. The number of hydrogen-bond donors (Lipinski definition) is 2. The molecular weight excluding hydrogens is 480 g/mol. The molecule has 2 amide bonds. The number of carbonyl (C=O) groups is 2. The Hall–Kier alpha value is -4.00. The number of nitrogens with one attached hydrogen (secondary N) is 1. The molecule has 2 N–H and O–H groups in total. The summed E-state index contributed by atoms with van der Waals surface area (Å²) < 4.78 is 11.0. The average Bonchev–Trinajstić information content (AvgIpc) is 2.83. The quantitative estimate of drug-likeness (QED) is 0.399. The summed E-state index contributed by atoms with van der Waals surface area (Å²) in [6, 6.07) is 15.0. The topological polar surface area (TPSA) is 88.1 Å². The molecule has 1 aliphatic heterocycles. The van der Waals surface area contributed by atoms with E-state index in [1.165, 1.54) is 14.0 Å². The second-order valence-corrected chi connectivity index (χ2v) is 10.9. The first-order chi connectivity index (χ1) is 17.8. The fourth-order valence-corrected chi connectivity index (χ4v) is 6.08. The summed E-state index contributed by atoms with van der Waals surface area (Å²) in [6.07, 6.45) is 0.531. The second kappa shape index (κ2) is 9.71. The Morgan fingerprint density at radius 1 is 0.947 bits per heavy atom. The number of phenols is 1. The lowest BCUT2D eigenvalue weighted by Crippen LogP contribution is -2.55. The van der Waals surface area contributed by atoms with Crippen LogP contribution in [-0.4, -0.2) is 36.7 Å². The van der Waals surface area contributed by atoms with Gasteiger partial charge in [-0.15, -0.1) is 0 Å². The molecule has 1 atom stereocenters. The number of rotatable bonds is 5. The Morgan fingerprint density at radius 3 is 2.08 bits per heavy atom. The largest absolute Gasteiger partial charge is 0.505 e. The van der Waals surface area contributed by atoms with Crippen molar-refractivity contribution in [1.82, 2.24) is 0 Å². The molecule has 1 aliphatic rings. The highest BCUT2D eigenvalue weighted by Gasteiger charge is 2.49. The molecule has 4 rings (SSSR count). The number of benzene rings is 3. The van der Waals surface area contributed by atoms with Crippen LogP contribution in [0, 0.1) is 13.8 Å². The Balaban J connectivity index is 1.96. The highest BCUT2D eigenvalue weighted by molar-refractivity contribution is 6.07. The summed E-state index contributed by atoms with van der Waals surface area (Å²) in [7, 11) is 3.09. The lowest BCUT2D eigenvalue weighted by atomic mass is 9.64. The molecule has 1 heterocycles. The van der Waals surface area contributed by atoms with Crippen molar-refractivity contribution in [3.05, 3.63) is 76.3 Å². The summed E-state index contributed by atoms with van der Waals surface area (Å²) in [6.45, 7) is 11.4. The maximum absolute atomic E-state index is 13.3. The third kappa shape index (κ3) is 4.57. The van der Waals surface area contributed by atoms with Crippen molar-refractivity contribution in [3.8, 4) is 17.2 Å². The Labute approximate surface area is 224 Å². The zero-order chi connectivity index (χ0) is 28.0. The van der Waals surface area contributed by atoms with E-state index in [0.717, 1.165) is 22.4 Å². The predicted octanol–water partition coefficient (Wildman–Crippen LogP) is 6.12. The molecule has 3 aromatic rings. The summed E-state index contributed by atoms with van der Waals surface area (Å²) in [5.74, 6) is 0.341. The lowest BCUT2D eigenvalue weighted by Gasteiger charge is -2.51. The van der Waals surface area contributed by atoms with Gasteiger partial charge in [0.2, 0.25) is 5.91 Å². The molecule has 0 bridgehead atoms. The van der Waals surface area contributed by atoms with Gasteiger partial charge in [-0.1, -0.05) is 36.2 Å². The van der Waals surface area contributed by atoms with Crippen molar-refractivity contribution in [3.63, 3.8) is 0 Å². The van der Waals surface area contributed by atoms with Gasteiger partial charge in [0.25, 0.3) is 5.91 Å². The standard InChI is InChI=1S/C31H36N2O5/c1-18-13-19(2)15-21(14-18)29(36)32-27-25(38-8)16-24-26(28(27)35)31(6,17-30(4,5)33(24)20(3)34)22-9-11-23(37-7)12-10-22/h9-16,35H,17H2,1-8H3,(H,32,36). The van der Waals surface area contributed by atoms with Gasteiger partial charge >= 0.3 is 0 Å². The van der Waals surface area contributed by atoms with Gasteiger partial charge in [-0.05, 0) is 63.9 Å². The van der Waals surface area contributed by atoms with E-state index in [-0.39, 0.29) is 29.0 Å². The molecule has 3 aromatic carbocycles. The third-order valence-corrected chi connectivity index (χ3v) is 7.41. The summed E-state index contributed by atoms with van der Waals surface area (Å²) >= 11 is 0. The van der Waals surface area contributed by atoms with Gasteiger partial charge < -0.3 is 24.8 Å². The van der Waals surface area contributed by atoms with Crippen molar-refractivity contribution in [2.45, 2.75) is 58.9 Å². The average molecular weight is 517 g/mol. The van der Waals surface area contributed by atoms with Gasteiger partial charge in [0.1, 0.15) is 22.9 Å². The SMILES string of the molecule is COc1ccc(C2(C)CC(C)(C)N(C(C)=O)c3cc(OC)c(NC(=O)c4cc(C)cc(C)c4)c(O)c32)cc1. The molecule has 1 unspecified atom stereocenters. The lowest BCUT2D eigenvalue weighted by molar-refractivity contribution is -0.117. The van der Waals surface area contributed by atoms with Crippen molar-refractivity contribution >= 4 is 23.2 Å². The number of hydrogen-bond acceptors (Lipinski definition) is 5. The van der Waals surface area contributed by atoms with Crippen LogP contribution >= 0.6 is 0 Å². The van der Waals surface area contributed by atoms with Crippen LogP contribution in [0.15, 0.2) is 48.5 Å². The van der Waals surface area contributed by atoms with E-state index < -0.39 is 11.0 Å². The van der Waals surface area contributed by atoms with Crippen LogP contribution < -0.4 is 19.7 Å². The number of phenolic OH excluding ortho intramolecular Hbond substituents is 1. The smallest absolute Gasteiger partial charge is 0.255 e. The minimum atomic E-state index is -0.702. The van der Waals surface area contributed by atoms with E-state index in [9.17, 15) is 14.7 Å². The fourth-order valence-electron chi connectivity index (χ4n) is 6.08. The number of fused-ring (bicyclic) bond motifs is 1. The number of nitrogens with zero attached hydrogens (tertiary/aromatic N) is 1. The van der Waals surface area contributed by atoms with Gasteiger partial charge in [0.15, 0.2) is 0 Å². The van der Waals surface area contributed by atoms with E-state index in [2.05, 4.69) is 12.2 Å². The van der Waals surface area contributed by atoms with Crippen molar-refractivity contribution in [2.24, 2.45) is 0 Å².